The maximum Gasteiger partial charge on any atom is 0.401 e. The smallest absolute Gasteiger partial charge is 0.401 e. The Morgan fingerprint density at radius 3 is 2.52 bits per heavy atom. The van der Waals surface area contributed by atoms with E-state index in [1.807, 2.05) is 57.2 Å². The van der Waals surface area contributed by atoms with E-state index in [2.05, 4.69) is 39.2 Å². The van der Waals surface area contributed by atoms with Gasteiger partial charge in [-0.15, -0.1) is 0 Å². The van der Waals surface area contributed by atoms with Crippen molar-refractivity contribution in [2.75, 3.05) is 50.8 Å². The number of H-pyrrole nitrogens is 1. The number of hydrogen-bond donors (Lipinski definition) is 2. The van der Waals surface area contributed by atoms with E-state index in [1.54, 1.807) is 17.3 Å². The molecule has 14 heteroatoms. The van der Waals surface area contributed by atoms with E-state index in [1.165, 1.54) is 0 Å². The summed E-state index contributed by atoms with van der Waals surface area (Å²) in [5.41, 5.74) is 5.95. The van der Waals surface area contributed by atoms with Crippen molar-refractivity contribution in [3.8, 4) is 5.75 Å². The first-order valence-corrected chi connectivity index (χ1v) is 22.1. The Hall–Kier alpha value is -4.82. The number of hydrogen-bond acceptors (Lipinski definition) is 9. The molecule has 11 nitrogen and oxygen atoms in total. The number of halogens is 3. The van der Waals surface area contributed by atoms with Crippen molar-refractivity contribution < 1.29 is 32.3 Å². The number of aromatic nitrogens is 3. The SMILES string of the molecule is CCCN(CC(C)COc1c(C)ccc(C(=O)CC2CCC(=O)NC2=O)c1CC)CC1CCN(c2ccc([C@H]3c4ccc5[nH]ncc5c4C[C@@H](C)N3CC(F)(F)F)cn2)CC1. The van der Waals surface area contributed by atoms with Gasteiger partial charge in [-0.1, -0.05) is 45.0 Å². The van der Waals surface area contributed by atoms with Gasteiger partial charge >= 0.3 is 6.18 Å². The molecule has 4 atom stereocenters. The number of anilines is 1. The Balaban J connectivity index is 0.946. The molecule has 2 fully saturated rings. The van der Waals surface area contributed by atoms with Crippen molar-refractivity contribution in [1.29, 1.82) is 0 Å². The largest absolute Gasteiger partial charge is 0.493 e. The van der Waals surface area contributed by atoms with E-state index in [4.69, 9.17) is 9.72 Å². The summed E-state index contributed by atoms with van der Waals surface area (Å²) >= 11 is 0. The summed E-state index contributed by atoms with van der Waals surface area (Å²) in [5, 5.41) is 10.5. The van der Waals surface area contributed by atoms with Crippen molar-refractivity contribution in [2.24, 2.45) is 17.8 Å². The number of rotatable bonds is 16. The molecule has 0 saturated carbocycles. The lowest BCUT2D eigenvalue weighted by Gasteiger charge is -2.42. The van der Waals surface area contributed by atoms with Gasteiger partial charge in [0.2, 0.25) is 11.8 Å². The number of nitrogens with one attached hydrogen (secondary N) is 2. The molecule has 0 radical (unpaired) electrons. The third-order valence-electron chi connectivity index (χ3n) is 12.9. The van der Waals surface area contributed by atoms with Crippen LogP contribution in [0, 0.1) is 24.7 Å². The first-order valence-electron chi connectivity index (χ1n) is 22.1. The number of carbonyl (C=O) groups is 3. The first kappa shape index (κ1) is 44.2. The molecule has 2 amide bonds. The minimum atomic E-state index is -4.34. The number of amides is 2. The maximum absolute atomic E-state index is 13.9. The van der Waals surface area contributed by atoms with Gasteiger partial charge in [-0.2, -0.15) is 18.3 Å². The lowest BCUT2D eigenvalue weighted by Crippen LogP contribution is -2.47. The van der Waals surface area contributed by atoms with Crippen LogP contribution in [-0.2, 0) is 22.4 Å². The summed E-state index contributed by atoms with van der Waals surface area (Å²) in [5.74, 6) is 1.07. The standard InChI is InChI=1S/C47H60F3N7O4/c1-6-18-55(25-29(3)27-61-45-30(4)8-11-36(35(45)7-2)41(58)22-33-10-15-43(59)53-46(33)60)26-32-16-19-56(20-17-32)42-14-9-34(23-51-42)44-37-12-13-40-39(24-52-54-40)38(37)21-31(5)57(44)28-47(48,49)50/h8-9,11-14,23-24,29,31-33,44H,6-7,10,15-22,25-28H2,1-5H3,(H,52,54)(H,53,59,60)/t29?,31-,33?,44+/m1/s1. The third kappa shape index (κ3) is 10.3. The number of Topliss-reactive ketones (excluding diaryl/α,β-unsaturated/α-hetero) is 1. The number of ketones is 1. The number of aromatic amines is 1. The molecule has 3 aliphatic rings. The second-order valence-corrected chi connectivity index (χ2v) is 17.6. The van der Waals surface area contributed by atoms with Gasteiger partial charge in [0.1, 0.15) is 11.6 Å². The Labute approximate surface area is 356 Å². The summed E-state index contributed by atoms with van der Waals surface area (Å²) in [6.45, 7) is 14.3. The molecule has 4 aromatic rings. The zero-order chi connectivity index (χ0) is 43.4. The lowest BCUT2D eigenvalue weighted by atomic mass is 9.84. The Bertz CT molecular complexity index is 2180. The first-order chi connectivity index (χ1) is 29.2. The highest BCUT2D eigenvalue weighted by Gasteiger charge is 2.41. The molecular weight excluding hydrogens is 784 g/mol. The molecule has 2 aromatic heterocycles. The average Bonchev–Trinajstić information content (AvgIpc) is 3.71. The molecule has 3 aliphatic heterocycles. The van der Waals surface area contributed by atoms with Crippen LogP contribution in [0.4, 0.5) is 19.0 Å². The Kier molecular flexibility index (Phi) is 13.8. The summed E-state index contributed by atoms with van der Waals surface area (Å²) in [4.78, 5) is 48.7. The average molecular weight is 844 g/mol. The highest BCUT2D eigenvalue weighted by Crippen LogP contribution is 2.42. The molecule has 2 unspecified atom stereocenters. The van der Waals surface area contributed by atoms with Crippen LogP contribution in [-0.4, -0.2) is 101 Å². The van der Waals surface area contributed by atoms with Gasteiger partial charge in [-0.3, -0.25) is 29.7 Å². The fourth-order valence-electron chi connectivity index (χ4n) is 9.82. The normalized spacial score (nSPS) is 20.9. The van der Waals surface area contributed by atoms with E-state index < -0.39 is 24.7 Å². The van der Waals surface area contributed by atoms with Crippen molar-refractivity contribution in [2.45, 2.75) is 104 Å². The topological polar surface area (TPSA) is 124 Å². The zero-order valence-electron chi connectivity index (χ0n) is 36.1. The number of alkyl halides is 3. The number of benzene rings is 2. The quantitative estimate of drug-likeness (QED) is 0.0854. The lowest BCUT2D eigenvalue weighted by molar-refractivity contribution is -0.155. The molecular formula is C47H60F3N7O4. The van der Waals surface area contributed by atoms with E-state index in [0.717, 1.165) is 102 Å². The fraction of sp³-hybridized carbons (Fsp3) is 0.553. The number of ether oxygens (including phenoxy) is 1. The monoisotopic (exact) mass is 843 g/mol. The highest BCUT2D eigenvalue weighted by molar-refractivity contribution is 6.04. The Morgan fingerprint density at radius 1 is 1.05 bits per heavy atom. The van der Waals surface area contributed by atoms with E-state index in [0.29, 0.717) is 37.4 Å². The second kappa shape index (κ2) is 19.1. The fourth-order valence-corrected chi connectivity index (χ4v) is 9.82. The number of carbonyl (C=O) groups excluding carboxylic acids is 3. The minimum Gasteiger partial charge on any atom is -0.493 e. The molecule has 328 valence electrons. The number of nitrogens with zero attached hydrogens (tertiary/aromatic N) is 5. The third-order valence-corrected chi connectivity index (χ3v) is 12.9. The van der Waals surface area contributed by atoms with Gasteiger partial charge < -0.3 is 14.5 Å². The highest BCUT2D eigenvalue weighted by atomic mass is 19.4. The van der Waals surface area contributed by atoms with Gasteiger partial charge in [0.05, 0.1) is 30.9 Å². The minimum absolute atomic E-state index is 0.0670. The van der Waals surface area contributed by atoms with Crippen LogP contribution in [0.2, 0.25) is 0 Å². The Morgan fingerprint density at radius 2 is 1.84 bits per heavy atom. The van der Waals surface area contributed by atoms with Crippen LogP contribution in [0.3, 0.4) is 0 Å². The summed E-state index contributed by atoms with van der Waals surface area (Å²) in [6.07, 6.45) is 4.09. The van der Waals surface area contributed by atoms with Crippen LogP contribution in [0.1, 0.15) is 110 Å². The molecule has 0 bridgehead atoms. The van der Waals surface area contributed by atoms with Crippen molar-refractivity contribution >= 4 is 34.3 Å². The molecule has 61 heavy (non-hydrogen) atoms. The number of fused-ring (bicyclic) bond motifs is 3. The van der Waals surface area contributed by atoms with Crippen molar-refractivity contribution in [3.63, 3.8) is 0 Å². The van der Waals surface area contributed by atoms with E-state index >= 15 is 0 Å². The van der Waals surface area contributed by atoms with Gasteiger partial charge in [0, 0.05) is 79.6 Å². The summed E-state index contributed by atoms with van der Waals surface area (Å²) in [6, 6.07) is 10.6. The molecule has 7 rings (SSSR count). The van der Waals surface area contributed by atoms with Crippen LogP contribution in [0.5, 0.6) is 5.75 Å². The number of aryl methyl sites for hydroxylation is 1. The second-order valence-electron chi connectivity index (χ2n) is 17.6. The number of pyridine rings is 1. The zero-order valence-corrected chi connectivity index (χ0v) is 36.1. The van der Waals surface area contributed by atoms with Gasteiger partial charge in [0.15, 0.2) is 5.78 Å². The summed E-state index contributed by atoms with van der Waals surface area (Å²) in [7, 11) is 0. The number of piperidine rings is 2. The molecule has 2 saturated heterocycles. The predicted octanol–water partition coefficient (Wildman–Crippen LogP) is 8.00. The van der Waals surface area contributed by atoms with Gasteiger partial charge in [0.25, 0.3) is 0 Å². The predicted molar refractivity (Wildman–Crippen MR) is 230 cm³/mol. The molecule has 5 heterocycles. The molecule has 0 aliphatic carbocycles. The van der Waals surface area contributed by atoms with Gasteiger partial charge in [-0.05, 0) is 99.2 Å². The summed E-state index contributed by atoms with van der Waals surface area (Å²) < 4.78 is 48.3. The van der Waals surface area contributed by atoms with Crippen molar-refractivity contribution in [3.05, 3.63) is 82.2 Å². The van der Waals surface area contributed by atoms with Crippen LogP contribution in [0.15, 0.2) is 48.8 Å². The van der Waals surface area contributed by atoms with Crippen LogP contribution >= 0.6 is 0 Å². The van der Waals surface area contributed by atoms with Crippen LogP contribution in [0.25, 0.3) is 10.9 Å². The molecule has 2 aromatic carbocycles. The van der Waals surface area contributed by atoms with Crippen molar-refractivity contribution in [1.82, 2.24) is 30.3 Å². The molecule has 2 N–H and O–H groups in total. The van der Waals surface area contributed by atoms with Gasteiger partial charge in [-0.25, -0.2) is 4.98 Å². The molecule has 0 spiro atoms. The maximum atomic E-state index is 13.9. The number of imide groups is 1. The van der Waals surface area contributed by atoms with E-state index in [9.17, 15) is 27.6 Å². The van der Waals surface area contributed by atoms with Crippen LogP contribution < -0.4 is 15.0 Å². The van der Waals surface area contributed by atoms with E-state index in [-0.39, 0.29) is 42.4 Å².